The van der Waals surface area contributed by atoms with Crippen LogP contribution in [0.1, 0.15) is 13.8 Å². The Hall–Kier alpha value is 0.0900. The molecule has 0 aliphatic rings. The molecule has 0 aliphatic carbocycles. The Morgan fingerprint density at radius 3 is 2.38 bits per heavy atom. The van der Waals surface area contributed by atoms with Gasteiger partial charge in [-0.15, -0.1) is 11.6 Å². The number of nitrogens with zero attached hydrogens (tertiary/aromatic N) is 1. The average Bonchev–Trinajstić information content (AvgIpc) is 1.59. The topological polar surface area (TPSA) is 12.4 Å². The van der Waals surface area contributed by atoms with Crippen molar-refractivity contribution < 1.29 is 0 Å². The van der Waals surface area contributed by atoms with Gasteiger partial charge in [0, 0.05) is 0 Å². The van der Waals surface area contributed by atoms with Crippen molar-refractivity contribution in [2.75, 3.05) is 6.54 Å². The standard InChI is InChI=1S/C5H8ClNS/c1-5(2,6)3-7-4-8/h3H2,1-2H3. The van der Waals surface area contributed by atoms with Gasteiger partial charge < -0.3 is 0 Å². The maximum atomic E-state index is 5.73. The van der Waals surface area contributed by atoms with Gasteiger partial charge in [0.05, 0.1) is 16.6 Å². The minimum absolute atomic E-state index is 0.272. The van der Waals surface area contributed by atoms with Crippen LogP contribution in [-0.2, 0) is 0 Å². The second-order valence-corrected chi connectivity index (χ2v) is 3.33. The largest absolute Gasteiger partial charge is 0.231 e. The smallest absolute Gasteiger partial charge is 0.0679 e. The van der Waals surface area contributed by atoms with Crippen LogP contribution >= 0.6 is 23.8 Å². The van der Waals surface area contributed by atoms with Crippen LogP contribution in [-0.4, -0.2) is 16.6 Å². The van der Waals surface area contributed by atoms with Crippen LogP contribution in [0, 0.1) is 0 Å². The molecule has 0 aliphatic heterocycles. The lowest BCUT2D eigenvalue weighted by atomic mass is 10.2. The molecule has 0 saturated heterocycles. The second kappa shape index (κ2) is 3.18. The fraction of sp³-hybridized carbons (Fsp3) is 0.800. The number of aliphatic imine (C=N–C) groups is 1. The zero-order chi connectivity index (χ0) is 6.62. The van der Waals surface area contributed by atoms with Crippen molar-refractivity contribution in [3.63, 3.8) is 0 Å². The van der Waals surface area contributed by atoms with Gasteiger partial charge >= 0.3 is 0 Å². The van der Waals surface area contributed by atoms with Gasteiger partial charge in [-0.05, 0) is 26.1 Å². The van der Waals surface area contributed by atoms with Crippen LogP contribution in [0.5, 0.6) is 0 Å². The predicted octanol–water partition coefficient (Wildman–Crippen LogP) is 2.11. The molecule has 0 fully saturated rings. The van der Waals surface area contributed by atoms with Crippen molar-refractivity contribution in [3.8, 4) is 0 Å². The first kappa shape index (κ1) is 8.09. The third-order valence-electron chi connectivity index (χ3n) is 0.520. The van der Waals surface area contributed by atoms with E-state index < -0.39 is 0 Å². The molecule has 0 aromatic carbocycles. The molecule has 0 atom stereocenters. The molecule has 0 heterocycles. The molecule has 0 aromatic rings. The van der Waals surface area contributed by atoms with Crippen LogP contribution in [0.3, 0.4) is 0 Å². The van der Waals surface area contributed by atoms with Gasteiger partial charge in [0.15, 0.2) is 0 Å². The molecule has 0 unspecified atom stereocenters. The normalized spacial score (nSPS) is 10.4. The van der Waals surface area contributed by atoms with Gasteiger partial charge in [0.1, 0.15) is 0 Å². The lowest BCUT2D eigenvalue weighted by molar-refractivity contribution is 0.714. The van der Waals surface area contributed by atoms with Crippen LogP contribution in [0.15, 0.2) is 4.99 Å². The van der Waals surface area contributed by atoms with Gasteiger partial charge in [-0.3, -0.25) is 0 Å². The lowest BCUT2D eigenvalue weighted by Crippen LogP contribution is -2.13. The molecule has 0 aromatic heterocycles. The van der Waals surface area contributed by atoms with Gasteiger partial charge in [0.2, 0.25) is 0 Å². The average molecular weight is 150 g/mol. The first-order chi connectivity index (χ1) is 3.56. The maximum absolute atomic E-state index is 5.73. The molecular formula is C5H8ClNS. The Morgan fingerprint density at radius 1 is 1.75 bits per heavy atom. The number of thiocarbonyl (C=S) groups is 1. The molecular weight excluding hydrogens is 142 g/mol. The van der Waals surface area contributed by atoms with Crippen LogP contribution in [0.25, 0.3) is 0 Å². The Labute approximate surface area is 59.8 Å². The van der Waals surface area contributed by atoms with Crippen molar-refractivity contribution in [3.05, 3.63) is 0 Å². The van der Waals surface area contributed by atoms with Crippen molar-refractivity contribution in [2.45, 2.75) is 18.7 Å². The predicted molar refractivity (Wildman–Crippen MR) is 39.8 cm³/mol. The van der Waals surface area contributed by atoms with E-state index in [1.165, 1.54) is 0 Å². The Balaban J connectivity index is 3.55. The highest BCUT2D eigenvalue weighted by Gasteiger charge is 2.10. The molecule has 0 radical (unpaired) electrons. The number of hydrogen-bond donors (Lipinski definition) is 0. The van der Waals surface area contributed by atoms with E-state index in [0.717, 1.165) is 0 Å². The van der Waals surface area contributed by atoms with E-state index >= 15 is 0 Å². The summed E-state index contributed by atoms with van der Waals surface area (Å²) in [5, 5.41) is 2.25. The van der Waals surface area contributed by atoms with E-state index in [9.17, 15) is 0 Å². The summed E-state index contributed by atoms with van der Waals surface area (Å²) >= 11 is 10.1. The molecule has 0 spiro atoms. The Kier molecular flexibility index (Phi) is 3.22. The fourth-order valence-electron chi connectivity index (χ4n) is 0.220. The minimum atomic E-state index is -0.272. The van der Waals surface area contributed by atoms with E-state index in [0.29, 0.717) is 6.54 Å². The number of hydrogen-bond acceptors (Lipinski definition) is 2. The van der Waals surface area contributed by atoms with Gasteiger partial charge in [-0.1, -0.05) is 0 Å². The van der Waals surface area contributed by atoms with Crippen molar-refractivity contribution >= 4 is 29.0 Å². The van der Waals surface area contributed by atoms with E-state index in [-0.39, 0.29) is 4.87 Å². The summed E-state index contributed by atoms with van der Waals surface area (Å²) in [5.74, 6) is 0. The summed E-state index contributed by atoms with van der Waals surface area (Å²) in [7, 11) is 0. The summed E-state index contributed by atoms with van der Waals surface area (Å²) in [4.78, 5) is 3.40. The van der Waals surface area contributed by atoms with Gasteiger partial charge in [-0.25, -0.2) is 4.99 Å². The molecule has 0 saturated carbocycles. The van der Waals surface area contributed by atoms with Crippen LogP contribution in [0.4, 0.5) is 0 Å². The highest BCUT2D eigenvalue weighted by atomic mass is 35.5. The number of alkyl halides is 1. The van der Waals surface area contributed by atoms with E-state index in [4.69, 9.17) is 11.6 Å². The monoisotopic (exact) mass is 149 g/mol. The molecule has 8 heavy (non-hydrogen) atoms. The third-order valence-corrected chi connectivity index (χ3v) is 0.768. The summed E-state index contributed by atoms with van der Waals surface area (Å²) in [6, 6.07) is 0. The van der Waals surface area contributed by atoms with Crippen LogP contribution in [0.2, 0.25) is 0 Å². The Morgan fingerprint density at radius 2 is 2.25 bits per heavy atom. The van der Waals surface area contributed by atoms with Gasteiger partial charge in [-0.2, -0.15) is 0 Å². The molecule has 0 rings (SSSR count). The first-order valence-electron chi connectivity index (χ1n) is 2.29. The summed E-state index contributed by atoms with van der Waals surface area (Å²) in [6.07, 6.45) is 0. The molecule has 3 heteroatoms. The highest BCUT2D eigenvalue weighted by Crippen LogP contribution is 2.11. The number of rotatable bonds is 2. The zero-order valence-corrected chi connectivity index (χ0v) is 6.51. The zero-order valence-electron chi connectivity index (χ0n) is 4.94. The van der Waals surface area contributed by atoms with Crippen molar-refractivity contribution in [1.29, 1.82) is 0 Å². The SMILES string of the molecule is CC(C)(Cl)CN=C=S. The maximum Gasteiger partial charge on any atom is 0.0679 e. The molecule has 0 amide bonds. The number of halogens is 1. The summed E-state index contributed by atoms with van der Waals surface area (Å²) in [5.41, 5.74) is 0. The van der Waals surface area contributed by atoms with Gasteiger partial charge in [0.25, 0.3) is 0 Å². The third kappa shape index (κ3) is 6.09. The summed E-state index contributed by atoms with van der Waals surface area (Å²) < 4.78 is 0. The van der Waals surface area contributed by atoms with Crippen molar-refractivity contribution in [1.82, 2.24) is 0 Å². The van der Waals surface area contributed by atoms with E-state index in [1.54, 1.807) is 0 Å². The van der Waals surface area contributed by atoms with E-state index in [1.807, 2.05) is 13.8 Å². The molecule has 0 bridgehead atoms. The lowest BCUT2D eigenvalue weighted by Gasteiger charge is -2.08. The molecule has 46 valence electrons. The molecule has 0 N–H and O–H groups in total. The van der Waals surface area contributed by atoms with E-state index in [2.05, 4.69) is 22.4 Å². The summed E-state index contributed by atoms with van der Waals surface area (Å²) in [6.45, 7) is 4.30. The van der Waals surface area contributed by atoms with Crippen molar-refractivity contribution in [2.24, 2.45) is 4.99 Å². The number of isothiocyanates is 1. The fourth-order valence-corrected chi connectivity index (χ4v) is 0.345. The second-order valence-electron chi connectivity index (χ2n) is 2.13. The quantitative estimate of drug-likeness (QED) is 0.333. The van der Waals surface area contributed by atoms with Crippen LogP contribution < -0.4 is 0 Å². The Bertz CT molecular complexity index is 110. The minimum Gasteiger partial charge on any atom is -0.231 e. The molecule has 1 nitrogen and oxygen atoms in total. The first-order valence-corrected chi connectivity index (χ1v) is 3.07. The highest BCUT2D eigenvalue weighted by molar-refractivity contribution is 7.78.